The van der Waals surface area contributed by atoms with Gasteiger partial charge in [-0.05, 0) is 13.8 Å². The molecule has 0 saturated carbocycles. The number of carbonyl (C=O) groups is 3. The second-order valence-electron chi connectivity index (χ2n) is 10.5. The van der Waals surface area contributed by atoms with Gasteiger partial charge in [0.15, 0.2) is 0 Å². The fourth-order valence-electron chi connectivity index (χ4n) is 5.30. The molecule has 0 unspecified atom stereocenters. The first kappa shape index (κ1) is 32.1. The number of nitrogens with zero attached hydrogens (tertiary/aromatic N) is 4. The third-order valence-electron chi connectivity index (χ3n) is 7.35. The molecule has 3 aromatic carbocycles. The first-order valence-electron chi connectivity index (χ1n) is 14.0. The number of rotatable bonds is 7. The topological polar surface area (TPSA) is 91.8 Å². The van der Waals surface area contributed by atoms with Crippen molar-refractivity contribution in [2.45, 2.75) is 32.0 Å². The molecule has 4 amide bonds. The van der Waals surface area contributed by atoms with Crippen LogP contribution in [-0.2, 0) is 4.79 Å². The fraction of sp³-hybridized carbons (Fsp3) is 0.312. The number of benzene rings is 3. The van der Waals surface area contributed by atoms with Gasteiger partial charge in [-0.15, -0.1) is 0 Å². The second-order valence-corrected chi connectivity index (χ2v) is 13.4. The van der Waals surface area contributed by atoms with Crippen molar-refractivity contribution in [1.29, 1.82) is 0 Å². The molecular formula is C32H32Cl2IN4O5-. The Labute approximate surface area is 277 Å². The zero-order valence-electron chi connectivity index (χ0n) is 24.7. The van der Waals surface area contributed by atoms with E-state index >= 15 is 0 Å². The van der Waals surface area contributed by atoms with Crippen molar-refractivity contribution in [3.8, 4) is 11.5 Å². The van der Waals surface area contributed by atoms with Gasteiger partial charge in [0.25, 0.3) is 0 Å². The molecule has 0 spiro atoms. The molecule has 9 nitrogen and oxygen atoms in total. The van der Waals surface area contributed by atoms with Crippen LogP contribution in [0, 0.1) is 0 Å². The summed E-state index contributed by atoms with van der Waals surface area (Å²) in [7, 11) is 1.58. The van der Waals surface area contributed by atoms with Crippen LogP contribution in [0.4, 0.5) is 9.59 Å². The van der Waals surface area contributed by atoms with Gasteiger partial charge >= 0.3 is 224 Å². The summed E-state index contributed by atoms with van der Waals surface area (Å²) in [4.78, 5) is 51.4. The summed E-state index contributed by atoms with van der Waals surface area (Å²) in [6.07, 6.45) is -0.171. The number of amides is 4. The van der Waals surface area contributed by atoms with Gasteiger partial charge in [-0.1, -0.05) is 23.2 Å². The summed E-state index contributed by atoms with van der Waals surface area (Å²) >= 11 is 11.7. The van der Waals surface area contributed by atoms with Crippen LogP contribution in [0.1, 0.15) is 42.6 Å². The number of methoxy groups -OCH3 is 1. The average Bonchev–Trinajstić information content (AvgIpc) is 3.40. The summed E-state index contributed by atoms with van der Waals surface area (Å²) in [5, 5.41) is 1.14. The van der Waals surface area contributed by atoms with Crippen molar-refractivity contribution in [2.24, 2.45) is 4.99 Å². The van der Waals surface area contributed by atoms with E-state index in [2.05, 4.69) is 0 Å². The van der Waals surface area contributed by atoms with E-state index < -0.39 is 39.3 Å². The first-order valence-corrected chi connectivity index (χ1v) is 18.0. The maximum atomic E-state index is 14.6. The third kappa shape index (κ3) is 6.67. The van der Waals surface area contributed by atoms with Crippen molar-refractivity contribution < 1.29 is 45.1 Å². The third-order valence-corrected chi connectivity index (χ3v) is 9.36. The van der Waals surface area contributed by atoms with Gasteiger partial charge in [-0.25, -0.2) is 0 Å². The predicted molar refractivity (Wildman–Crippen MR) is 166 cm³/mol. The van der Waals surface area contributed by atoms with E-state index in [9.17, 15) is 14.4 Å². The maximum absolute atomic E-state index is 14.6. The van der Waals surface area contributed by atoms with E-state index in [1.54, 1.807) is 48.4 Å². The number of imide groups is 1. The number of hydrogen-bond donors (Lipinski definition) is 0. The van der Waals surface area contributed by atoms with E-state index in [0.29, 0.717) is 32.9 Å². The predicted octanol–water partition coefficient (Wildman–Crippen LogP) is 3.44. The Kier molecular flexibility index (Phi) is 10.0. The van der Waals surface area contributed by atoms with Crippen LogP contribution in [-0.4, -0.2) is 74.2 Å². The van der Waals surface area contributed by atoms with Gasteiger partial charge in [-0.3, -0.25) is 0 Å². The Hall–Kier alpha value is -3.35. The molecule has 12 heteroatoms. The number of hydrogen-bond acceptors (Lipinski definition) is 6. The first-order chi connectivity index (χ1) is 21.1. The zero-order chi connectivity index (χ0) is 31.5. The van der Waals surface area contributed by atoms with E-state index in [-0.39, 0.29) is 35.6 Å². The number of halogens is 3. The minimum absolute atomic E-state index is 0.147. The van der Waals surface area contributed by atoms with Crippen molar-refractivity contribution in [2.75, 3.05) is 31.7 Å². The van der Waals surface area contributed by atoms with Gasteiger partial charge in [-0.2, -0.15) is 0 Å². The molecule has 1 saturated heterocycles. The van der Waals surface area contributed by atoms with Gasteiger partial charge in [0.05, 0.1) is 7.11 Å². The number of aliphatic imine (C=N–C) groups is 1. The van der Waals surface area contributed by atoms with Gasteiger partial charge in [0.2, 0.25) is 0 Å². The SMILES string of the molecule is COc1ccc(C2=N[C@H](c3ccc(Cl)cc3)[C@H](c3ccc(Cl)cc3)N2C(=O)N2CCN(C(=O)[I-]C)C(=O)C2)c(OC(C)C)c1. The quantitative estimate of drug-likeness (QED) is 0.160. The van der Waals surface area contributed by atoms with Crippen LogP contribution < -0.4 is 30.7 Å². The van der Waals surface area contributed by atoms with Crippen LogP contribution in [0.15, 0.2) is 71.7 Å². The molecule has 0 aromatic heterocycles. The average molecular weight is 750 g/mol. The zero-order valence-corrected chi connectivity index (χ0v) is 28.3. The number of carbonyl (C=O) groups excluding carboxylic acids is 3. The molecule has 2 aliphatic heterocycles. The summed E-state index contributed by atoms with van der Waals surface area (Å²) < 4.78 is 11.5. The summed E-state index contributed by atoms with van der Waals surface area (Å²) in [5.41, 5.74) is 2.25. The van der Waals surface area contributed by atoms with E-state index in [0.717, 1.165) is 11.1 Å². The molecule has 0 radical (unpaired) electrons. The molecule has 3 aromatic rings. The van der Waals surface area contributed by atoms with Crippen molar-refractivity contribution in [3.05, 3.63) is 93.5 Å². The number of piperazine rings is 1. The molecule has 2 atom stereocenters. The Balaban J connectivity index is 1.66. The van der Waals surface area contributed by atoms with Crippen molar-refractivity contribution >= 4 is 44.9 Å². The van der Waals surface area contributed by atoms with Gasteiger partial charge in [0.1, 0.15) is 0 Å². The van der Waals surface area contributed by atoms with Crippen LogP contribution >= 0.6 is 23.2 Å². The van der Waals surface area contributed by atoms with Gasteiger partial charge < -0.3 is 4.74 Å². The monoisotopic (exact) mass is 749 g/mol. The summed E-state index contributed by atoms with van der Waals surface area (Å²) in [5.74, 6) is 1.09. The Morgan fingerprint density at radius 3 is 2.16 bits per heavy atom. The van der Waals surface area contributed by atoms with E-state index in [1.165, 1.54) is 9.80 Å². The van der Waals surface area contributed by atoms with Gasteiger partial charge in [0, 0.05) is 5.02 Å². The van der Waals surface area contributed by atoms with Crippen molar-refractivity contribution in [3.63, 3.8) is 0 Å². The fourth-order valence-corrected chi connectivity index (χ4v) is 6.64. The number of alkyl halides is 1. The molecular weight excluding hydrogens is 718 g/mol. The molecule has 2 heterocycles. The normalized spacial score (nSPS) is 18.6. The number of urea groups is 1. The van der Waals surface area contributed by atoms with Crippen LogP contribution in [0.25, 0.3) is 0 Å². The Morgan fingerprint density at radius 2 is 1.59 bits per heavy atom. The molecule has 0 bridgehead atoms. The van der Waals surface area contributed by atoms with Crippen molar-refractivity contribution in [1.82, 2.24) is 14.7 Å². The molecule has 5 rings (SSSR count). The standard InChI is InChI=1S/C32H32Cl2IN4O5/c1-19(2)44-26-17-24(43-4)13-14-25(26)30-36-28(20-5-9-22(33)10-6-20)29(21-7-11-23(34)12-8-21)39(30)32(42)37-15-16-38(27(40)18-37)31(41)35-3/h5-14,17,19,28-29H,15-16,18H2,1-4H3/q-1/t28-,29+/m1/s1. The molecule has 44 heavy (non-hydrogen) atoms. The number of ether oxygens (including phenoxy) is 2. The minimum atomic E-state index is -0.788. The van der Waals surface area contributed by atoms with E-state index in [4.69, 9.17) is 37.7 Å². The van der Waals surface area contributed by atoms with Crippen LogP contribution in [0.2, 0.25) is 10.0 Å². The summed E-state index contributed by atoms with van der Waals surface area (Å²) in [6.45, 7) is 3.98. The Morgan fingerprint density at radius 1 is 0.955 bits per heavy atom. The second kappa shape index (κ2) is 13.7. The molecule has 0 aliphatic carbocycles. The Bertz CT molecular complexity index is 1580. The molecule has 2 aliphatic rings. The molecule has 232 valence electrons. The van der Waals surface area contributed by atoms with Crippen LogP contribution in [0.3, 0.4) is 0 Å². The molecule has 1 fully saturated rings. The number of amidine groups is 1. The van der Waals surface area contributed by atoms with Crippen LogP contribution in [0.5, 0.6) is 11.5 Å². The summed E-state index contributed by atoms with van der Waals surface area (Å²) in [6, 6.07) is 18.5. The van der Waals surface area contributed by atoms with E-state index in [1.807, 2.05) is 49.1 Å². The molecule has 0 N–H and O–H groups in total.